The van der Waals surface area contributed by atoms with Crippen molar-refractivity contribution in [3.63, 3.8) is 0 Å². The third-order valence-corrected chi connectivity index (χ3v) is 2.76. The lowest BCUT2D eigenvalue weighted by atomic mass is 10.00. The zero-order chi connectivity index (χ0) is 12.1. The van der Waals surface area contributed by atoms with Crippen molar-refractivity contribution >= 4 is 6.29 Å². The summed E-state index contributed by atoms with van der Waals surface area (Å²) in [6, 6.07) is 3.87. The molecule has 0 saturated heterocycles. The lowest BCUT2D eigenvalue weighted by Crippen LogP contribution is -2.12. The van der Waals surface area contributed by atoms with Crippen LogP contribution in [-0.2, 0) is 22.4 Å². The minimum atomic E-state index is 0.171. The van der Waals surface area contributed by atoms with E-state index in [0.717, 1.165) is 36.0 Å². The molecule has 0 saturated carbocycles. The first-order chi connectivity index (χ1) is 8.36. The Kier molecular flexibility index (Phi) is 3.98. The fourth-order valence-electron chi connectivity index (χ4n) is 2.01. The van der Waals surface area contributed by atoms with Crippen LogP contribution >= 0.6 is 0 Å². The molecule has 0 radical (unpaired) electrons. The van der Waals surface area contributed by atoms with Gasteiger partial charge < -0.3 is 19.0 Å². The maximum atomic E-state index is 10.7. The molecule has 92 valence electrons. The molecular weight excluding hydrogens is 220 g/mol. The van der Waals surface area contributed by atoms with Crippen LogP contribution in [0.4, 0.5) is 0 Å². The minimum absolute atomic E-state index is 0.171. The van der Waals surface area contributed by atoms with E-state index in [1.54, 1.807) is 7.11 Å². The highest BCUT2D eigenvalue weighted by Crippen LogP contribution is 2.35. The second-order valence-corrected chi connectivity index (χ2v) is 3.90. The van der Waals surface area contributed by atoms with Gasteiger partial charge in [0.15, 0.2) is 6.79 Å². The van der Waals surface area contributed by atoms with Gasteiger partial charge in [-0.1, -0.05) is 6.07 Å². The molecule has 1 aromatic carbocycles. The van der Waals surface area contributed by atoms with Crippen molar-refractivity contribution in [1.82, 2.24) is 0 Å². The number of carbonyl (C=O) groups excluding carboxylic acids is 1. The summed E-state index contributed by atoms with van der Waals surface area (Å²) in [5, 5.41) is 0. The van der Waals surface area contributed by atoms with Crippen LogP contribution in [0.5, 0.6) is 11.5 Å². The van der Waals surface area contributed by atoms with Crippen LogP contribution in [0.3, 0.4) is 0 Å². The van der Waals surface area contributed by atoms with Crippen LogP contribution in [-0.4, -0.2) is 26.8 Å². The van der Waals surface area contributed by atoms with Gasteiger partial charge in [0.25, 0.3) is 0 Å². The van der Waals surface area contributed by atoms with Crippen molar-refractivity contribution < 1.29 is 19.0 Å². The van der Waals surface area contributed by atoms with Crippen LogP contribution in [0.25, 0.3) is 0 Å². The Morgan fingerprint density at radius 1 is 1.47 bits per heavy atom. The van der Waals surface area contributed by atoms with Gasteiger partial charge in [0.2, 0.25) is 0 Å². The van der Waals surface area contributed by atoms with Gasteiger partial charge in [0, 0.05) is 19.1 Å². The quantitative estimate of drug-likeness (QED) is 0.577. The van der Waals surface area contributed by atoms with Crippen molar-refractivity contribution in [3.8, 4) is 11.5 Å². The molecule has 1 aliphatic heterocycles. The van der Waals surface area contributed by atoms with E-state index in [4.69, 9.17) is 14.2 Å². The fraction of sp³-hybridized carbons (Fsp3) is 0.462. The number of fused-ring (bicyclic) bond motifs is 1. The number of rotatable bonds is 5. The van der Waals surface area contributed by atoms with Gasteiger partial charge in [-0.3, -0.25) is 0 Å². The number of ether oxygens (including phenoxy) is 3. The van der Waals surface area contributed by atoms with Crippen molar-refractivity contribution in [3.05, 3.63) is 23.3 Å². The molecule has 0 unspecified atom stereocenters. The summed E-state index contributed by atoms with van der Waals surface area (Å²) < 4.78 is 16.0. The Balaban J connectivity index is 2.34. The molecule has 4 heteroatoms. The number of aryl methyl sites for hydroxylation is 1. The predicted molar refractivity (Wildman–Crippen MR) is 62.5 cm³/mol. The largest absolute Gasteiger partial charge is 0.493 e. The van der Waals surface area contributed by atoms with Gasteiger partial charge in [-0.25, -0.2) is 0 Å². The van der Waals surface area contributed by atoms with E-state index in [-0.39, 0.29) is 6.79 Å². The number of hydrogen-bond donors (Lipinski definition) is 0. The Morgan fingerprint density at radius 2 is 2.35 bits per heavy atom. The minimum Gasteiger partial charge on any atom is -0.493 e. The third kappa shape index (κ3) is 2.58. The summed E-state index contributed by atoms with van der Waals surface area (Å²) in [7, 11) is 1.56. The Bertz CT molecular complexity index is 401. The highest BCUT2D eigenvalue weighted by atomic mass is 16.7. The molecule has 17 heavy (non-hydrogen) atoms. The molecule has 2 rings (SSSR count). The van der Waals surface area contributed by atoms with Crippen LogP contribution < -0.4 is 9.47 Å². The van der Waals surface area contributed by atoms with E-state index in [1.807, 2.05) is 12.1 Å². The highest BCUT2D eigenvalue weighted by Gasteiger charge is 2.18. The fourth-order valence-corrected chi connectivity index (χ4v) is 2.01. The molecule has 1 heterocycles. The Labute approximate surface area is 100 Å². The van der Waals surface area contributed by atoms with Crippen molar-refractivity contribution in [2.45, 2.75) is 19.3 Å². The third-order valence-electron chi connectivity index (χ3n) is 2.76. The van der Waals surface area contributed by atoms with Gasteiger partial charge in [0.05, 0.1) is 6.61 Å². The average Bonchev–Trinajstić information content (AvgIpc) is 2.38. The first kappa shape index (κ1) is 11.9. The summed E-state index contributed by atoms with van der Waals surface area (Å²) in [6.07, 6.45) is 3.19. The molecule has 1 aliphatic rings. The number of aldehydes is 1. The maximum absolute atomic E-state index is 10.7. The van der Waals surface area contributed by atoms with Crippen molar-refractivity contribution in [2.24, 2.45) is 0 Å². The molecule has 0 fully saturated rings. The molecular formula is C13H16O4. The van der Waals surface area contributed by atoms with Gasteiger partial charge in [0.1, 0.15) is 17.8 Å². The number of carbonyl (C=O) groups is 1. The van der Waals surface area contributed by atoms with Gasteiger partial charge >= 0.3 is 0 Å². The highest BCUT2D eigenvalue weighted by molar-refractivity contribution is 5.63. The van der Waals surface area contributed by atoms with Crippen molar-refractivity contribution in [1.29, 1.82) is 0 Å². The van der Waals surface area contributed by atoms with E-state index in [9.17, 15) is 4.79 Å². The van der Waals surface area contributed by atoms with E-state index < -0.39 is 0 Å². The SMILES string of the molecule is COCOc1ccc2c(c1CC=O)OCCC2. The van der Waals surface area contributed by atoms with Gasteiger partial charge in [-0.05, 0) is 24.5 Å². The molecule has 4 nitrogen and oxygen atoms in total. The predicted octanol–water partition coefficient (Wildman–Crippen LogP) is 1.74. The smallest absolute Gasteiger partial charge is 0.188 e. The average molecular weight is 236 g/mol. The molecule has 0 aliphatic carbocycles. The first-order valence-electron chi connectivity index (χ1n) is 5.69. The van der Waals surface area contributed by atoms with E-state index >= 15 is 0 Å². The summed E-state index contributed by atoms with van der Waals surface area (Å²) >= 11 is 0. The molecule has 1 aromatic rings. The lowest BCUT2D eigenvalue weighted by Gasteiger charge is -2.21. The number of methoxy groups -OCH3 is 1. The Hall–Kier alpha value is -1.55. The molecule has 0 amide bonds. The molecule has 0 bridgehead atoms. The topological polar surface area (TPSA) is 44.8 Å². The number of hydrogen-bond acceptors (Lipinski definition) is 4. The second-order valence-electron chi connectivity index (χ2n) is 3.90. The van der Waals surface area contributed by atoms with E-state index in [1.165, 1.54) is 0 Å². The summed E-state index contributed by atoms with van der Waals surface area (Å²) in [6.45, 7) is 0.872. The van der Waals surface area contributed by atoms with Crippen molar-refractivity contribution in [2.75, 3.05) is 20.5 Å². The van der Waals surface area contributed by atoms with Crippen LogP contribution in [0.15, 0.2) is 12.1 Å². The summed E-state index contributed by atoms with van der Waals surface area (Å²) in [5.74, 6) is 1.48. The molecule has 0 N–H and O–H groups in total. The maximum Gasteiger partial charge on any atom is 0.188 e. The van der Waals surface area contributed by atoms with E-state index in [0.29, 0.717) is 18.8 Å². The van der Waals surface area contributed by atoms with Crippen LogP contribution in [0.1, 0.15) is 17.5 Å². The van der Waals surface area contributed by atoms with Gasteiger partial charge in [-0.15, -0.1) is 0 Å². The zero-order valence-electron chi connectivity index (χ0n) is 9.90. The standard InChI is InChI=1S/C13H16O4/c1-15-9-17-12-5-4-10-3-2-8-16-13(10)11(12)6-7-14/h4-5,7H,2-3,6,8-9H2,1H3. The molecule has 0 aromatic heterocycles. The lowest BCUT2D eigenvalue weighted by molar-refractivity contribution is -0.107. The van der Waals surface area contributed by atoms with E-state index in [2.05, 4.69) is 0 Å². The van der Waals surface area contributed by atoms with Gasteiger partial charge in [-0.2, -0.15) is 0 Å². The zero-order valence-corrected chi connectivity index (χ0v) is 9.90. The first-order valence-corrected chi connectivity index (χ1v) is 5.69. The molecule has 0 atom stereocenters. The Morgan fingerprint density at radius 3 is 3.12 bits per heavy atom. The molecule has 0 spiro atoms. The summed E-state index contributed by atoms with van der Waals surface area (Å²) in [4.78, 5) is 10.7. The number of benzene rings is 1. The van der Waals surface area contributed by atoms with Crippen LogP contribution in [0.2, 0.25) is 0 Å². The second kappa shape index (κ2) is 5.68. The monoisotopic (exact) mass is 236 g/mol. The summed E-state index contributed by atoms with van der Waals surface area (Å²) in [5.41, 5.74) is 1.98. The van der Waals surface area contributed by atoms with Crippen LogP contribution in [0, 0.1) is 0 Å². The normalized spacial score (nSPS) is 13.7.